The van der Waals surface area contributed by atoms with Crippen LogP contribution in [0.1, 0.15) is 16.1 Å². The molecule has 2 aromatic rings. The van der Waals surface area contributed by atoms with Gasteiger partial charge in [0.1, 0.15) is 5.69 Å². The minimum atomic E-state index is -0.271. The van der Waals surface area contributed by atoms with Crippen molar-refractivity contribution in [2.75, 3.05) is 5.32 Å². The first-order valence-corrected chi connectivity index (χ1v) is 5.79. The normalized spacial score (nSPS) is 10.1. The third-order valence-electron chi connectivity index (χ3n) is 2.39. The smallest absolute Gasteiger partial charge is 0.274 e. The summed E-state index contributed by atoms with van der Waals surface area (Å²) in [5, 5.41) is 3.36. The molecule has 0 aliphatic heterocycles. The second-order valence-electron chi connectivity index (χ2n) is 3.71. The molecule has 4 nitrogen and oxygen atoms in total. The van der Waals surface area contributed by atoms with Crippen LogP contribution >= 0.6 is 11.6 Å². The summed E-state index contributed by atoms with van der Waals surface area (Å²) in [5.41, 5.74) is 7.39. The first kappa shape index (κ1) is 12.5. The van der Waals surface area contributed by atoms with Crippen molar-refractivity contribution in [2.24, 2.45) is 5.73 Å². The molecule has 1 heterocycles. The molecule has 3 N–H and O–H groups in total. The number of benzene rings is 1. The fourth-order valence-electron chi connectivity index (χ4n) is 1.45. The highest BCUT2D eigenvalue weighted by atomic mass is 35.5. The van der Waals surface area contributed by atoms with Gasteiger partial charge in [0.15, 0.2) is 0 Å². The number of amides is 1. The second-order valence-corrected chi connectivity index (χ2v) is 4.15. The predicted molar refractivity (Wildman–Crippen MR) is 71.5 cm³/mol. The summed E-state index contributed by atoms with van der Waals surface area (Å²) < 4.78 is 0. The maximum Gasteiger partial charge on any atom is 0.274 e. The van der Waals surface area contributed by atoms with E-state index >= 15 is 0 Å². The number of carbonyl (C=O) groups excluding carboxylic acids is 1. The van der Waals surface area contributed by atoms with Gasteiger partial charge in [-0.15, -0.1) is 0 Å². The molecule has 1 aromatic heterocycles. The fourth-order valence-corrected chi connectivity index (χ4v) is 1.58. The van der Waals surface area contributed by atoms with E-state index in [2.05, 4.69) is 10.3 Å². The molecular formula is C13H12ClN3O. The highest BCUT2D eigenvalue weighted by molar-refractivity contribution is 6.30. The average Bonchev–Trinajstić information content (AvgIpc) is 2.41. The molecule has 18 heavy (non-hydrogen) atoms. The van der Waals surface area contributed by atoms with Crippen molar-refractivity contribution in [3.8, 4) is 0 Å². The van der Waals surface area contributed by atoms with Gasteiger partial charge in [0.25, 0.3) is 5.91 Å². The third kappa shape index (κ3) is 3.06. The first-order chi connectivity index (χ1) is 8.69. The van der Waals surface area contributed by atoms with Crippen LogP contribution in [0.15, 0.2) is 42.6 Å². The Hall–Kier alpha value is -1.91. The highest BCUT2D eigenvalue weighted by Crippen LogP contribution is 2.14. The van der Waals surface area contributed by atoms with E-state index in [4.69, 9.17) is 17.3 Å². The van der Waals surface area contributed by atoms with Gasteiger partial charge in [0.05, 0.1) is 0 Å². The van der Waals surface area contributed by atoms with E-state index in [1.54, 1.807) is 42.6 Å². The molecule has 0 radical (unpaired) electrons. The minimum Gasteiger partial charge on any atom is -0.326 e. The van der Waals surface area contributed by atoms with Crippen LogP contribution in [0.2, 0.25) is 5.02 Å². The minimum absolute atomic E-state index is 0.271. The second kappa shape index (κ2) is 5.62. The summed E-state index contributed by atoms with van der Waals surface area (Å²) in [4.78, 5) is 15.9. The van der Waals surface area contributed by atoms with Gasteiger partial charge in [-0.25, -0.2) is 0 Å². The topological polar surface area (TPSA) is 68.0 Å². The molecule has 0 saturated carbocycles. The maximum atomic E-state index is 11.9. The molecule has 0 aliphatic carbocycles. The van der Waals surface area contributed by atoms with Gasteiger partial charge < -0.3 is 11.1 Å². The van der Waals surface area contributed by atoms with E-state index in [9.17, 15) is 4.79 Å². The van der Waals surface area contributed by atoms with Crippen molar-refractivity contribution >= 4 is 23.2 Å². The van der Waals surface area contributed by atoms with E-state index in [1.165, 1.54) is 0 Å². The van der Waals surface area contributed by atoms with Crippen LogP contribution in [0.25, 0.3) is 0 Å². The van der Waals surface area contributed by atoms with E-state index < -0.39 is 0 Å². The monoisotopic (exact) mass is 261 g/mol. The zero-order valence-corrected chi connectivity index (χ0v) is 10.3. The van der Waals surface area contributed by atoms with Gasteiger partial charge >= 0.3 is 0 Å². The summed E-state index contributed by atoms with van der Waals surface area (Å²) in [6.45, 7) is 0.379. The zero-order valence-electron chi connectivity index (χ0n) is 9.56. The number of rotatable bonds is 3. The quantitative estimate of drug-likeness (QED) is 0.892. The molecule has 92 valence electrons. The van der Waals surface area contributed by atoms with E-state index in [1.807, 2.05) is 0 Å². The number of carbonyl (C=O) groups is 1. The summed E-state index contributed by atoms with van der Waals surface area (Å²) in [5.74, 6) is -0.271. The Bertz CT molecular complexity index is 554. The van der Waals surface area contributed by atoms with Crippen LogP contribution in [0.3, 0.4) is 0 Å². The van der Waals surface area contributed by atoms with Crippen molar-refractivity contribution in [3.63, 3.8) is 0 Å². The molecule has 2 rings (SSSR count). The first-order valence-electron chi connectivity index (χ1n) is 5.41. The van der Waals surface area contributed by atoms with Gasteiger partial charge in [0, 0.05) is 23.5 Å². The van der Waals surface area contributed by atoms with Crippen LogP contribution in [0.5, 0.6) is 0 Å². The maximum absolute atomic E-state index is 11.9. The van der Waals surface area contributed by atoms with Crippen LogP contribution < -0.4 is 11.1 Å². The van der Waals surface area contributed by atoms with Crippen LogP contribution in [0.4, 0.5) is 5.69 Å². The molecule has 0 spiro atoms. The number of pyridine rings is 1. The molecule has 0 aliphatic rings. The van der Waals surface area contributed by atoms with Gasteiger partial charge in [-0.2, -0.15) is 0 Å². The third-order valence-corrected chi connectivity index (χ3v) is 2.65. The Balaban J connectivity index is 2.14. The Morgan fingerprint density at radius 1 is 1.28 bits per heavy atom. The molecule has 0 fully saturated rings. The highest BCUT2D eigenvalue weighted by Gasteiger charge is 2.07. The number of halogens is 1. The number of anilines is 1. The molecule has 1 amide bonds. The van der Waals surface area contributed by atoms with Crippen LogP contribution in [0, 0.1) is 0 Å². The van der Waals surface area contributed by atoms with Crippen molar-refractivity contribution < 1.29 is 4.79 Å². The standard InChI is InChI=1S/C13H12ClN3O/c14-10-1-3-11(4-2-10)17-13(18)12-7-9(8-15)5-6-16-12/h1-7H,8,15H2,(H,17,18). The lowest BCUT2D eigenvalue weighted by Crippen LogP contribution is -2.14. The van der Waals surface area contributed by atoms with Gasteiger partial charge in [-0.3, -0.25) is 9.78 Å². The molecule has 0 bridgehead atoms. The van der Waals surface area contributed by atoms with Crippen molar-refractivity contribution in [3.05, 3.63) is 58.9 Å². The van der Waals surface area contributed by atoms with E-state index in [-0.39, 0.29) is 5.91 Å². The van der Waals surface area contributed by atoms with Crippen LogP contribution in [-0.4, -0.2) is 10.9 Å². The summed E-state index contributed by atoms with van der Waals surface area (Å²) in [6, 6.07) is 10.3. The number of nitrogens with zero attached hydrogens (tertiary/aromatic N) is 1. The average molecular weight is 262 g/mol. The molecular weight excluding hydrogens is 250 g/mol. The van der Waals surface area contributed by atoms with Crippen molar-refractivity contribution in [1.29, 1.82) is 0 Å². The van der Waals surface area contributed by atoms with Crippen molar-refractivity contribution in [1.82, 2.24) is 4.98 Å². The molecule has 5 heteroatoms. The largest absolute Gasteiger partial charge is 0.326 e. The lowest BCUT2D eigenvalue weighted by atomic mass is 10.2. The van der Waals surface area contributed by atoms with Gasteiger partial charge in [0.2, 0.25) is 0 Å². The Labute approximate surface area is 110 Å². The lowest BCUT2D eigenvalue weighted by Gasteiger charge is -2.05. The summed E-state index contributed by atoms with van der Waals surface area (Å²) in [6.07, 6.45) is 1.57. The molecule has 0 unspecified atom stereocenters. The summed E-state index contributed by atoms with van der Waals surface area (Å²) in [7, 11) is 0. The van der Waals surface area contributed by atoms with Gasteiger partial charge in [-0.05, 0) is 42.0 Å². The molecule has 0 saturated heterocycles. The van der Waals surface area contributed by atoms with E-state index in [0.29, 0.717) is 22.9 Å². The zero-order chi connectivity index (χ0) is 13.0. The van der Waals surface area contributed by atoms with Crippen LogP contribution in [-0.2, 0) is 6.54 Å². The summed E-state index contributed by atoms with van der Waals surface area (Å²) >= 11 is 5.77. The Morgan fingerprint density at radius 2 is 2.00 bits per heavy atom. The number of aromatic nitrogens is 1. The number of hydrogen-bond acceptors (Lipinski definition) is 3. The molecule has 0 atom stereocenters. The number of nitrogens with one attached hydrogen (secondary N) is 1. The lowest BCUT2D eigenvalue weighted by molar-refractivity contribution is 0.102. The number of nitrogens with two attached hydrogens (primary N) is 1. The number of hydrogen-bond donors (Lipinski definition) is 2. The molecule has 1 aromatic carbocycles. The fraction of sp³-hybridized carbons (Fsp3) is 0.0769. The van der Waals surface area contributed by atoms with Gasteiger partial charge in [-0.1, -0.05) is 11.6 Å². The van der Waals surface area contributed by atoms with Crippen molar-refractivity contribution in [2.45, 2.75) is 6.54 Å². The Morgan fingerprint density at radius 3 is 2.67 bits per heavy atom. The predicted octanol–water partition coefficient (Wildman–Crippen LogP) is 2.45. The SMILES string of the molecule is NCc1ccnc(C(=O)Nc2ccc(Cl)cc2)c1. The Kier molecular flexibility index (Phi) is 3.92. The van der Waals surface area contributed by atoms with E-state index in [0.717, 1.165) is 5.56 Å².